The molecule has 0 radical (unpaired) electrons. The molecule has 1 heterocycles. The Morgan fingerprint density at radius 2 is 1.88 bits per heavy atom. The normalized spacial score (nSPS) is 17.7. The van der Waals surface area contributed by atoms with Gasteiger partial charge in [-0.05, 0) is 50.5 Å². The van der Waals surface area contributed by atoms with E-state index in [1.54, 1.807) is 11.8 Å². The number of halogens is 1. The second-order valence-corrected chi connectivity index (χ2v) is 6.84. The van der Waals surface area contributed by atoms with Gasteiger partial charge in [0.15, 0.2) is 0 Å². The number of benzene rings is 1. The van der Waals surface area contributed by atoms with Gasteiger partial charge in [0.2, 0.25) is 5.91 Å². The topological polar surface area (TPSA) is 87.5 Å². The van der Waals surface area contributed by atoms with Crippen molar-refractivity contribution in [1.82, 2.24) is 10.2 Å². The monoisotopic (exact) mass is 350 g/mol. The lowest BCUT2D eigenvalue weighted by Gasteiger charge is -2.37. The second kappa shape index (κ2) is 8.29. The first-order chi connectivity index (χ1) is 11.8. The number of hydrogen-bond acceptors (Lipinski definition) is 3. The molecule has 1 aliphatic rings. The van der Waals surface area contributed by atoms with Gasteiger partial charge in [-0.25, -0.2) is 9.18 Å². The molecule has 0 spiro atoms. The number of likely N-dealkylation sites (tertiary alicyclic amines) is 1. The van der Waals surface area contributed by atoms with Crippen LogP contribution in [0.15, 0.2) is 24.3 Å². The van der Waals surface area contributed by atoms with Crippen LogP contribution in [0.2, 0.25) is 0 Å². The summed E-state index contributed by atoms with van der Waals surface area (Å²) in [5.74, 6) is -0.374. The first-order valence-electron chi connectivity index (χ1n) is 8.73. The average molecular weight is 350 g/mol. The van der Waals surface area contributed by atoms with Crippen LogP contribution in [0.3, 0.4) is 0 Å². The zero-order valence-corrected chi connectivity index (χ0v) is 14.8. The summed E-state index contributed by atoms with van der Waals surface area (Å²) in [5, 5.41) is 5.57. The van der Waals surface area contributed by atoms with Gasteiger partial charge in [0.1, 0.15) is 5.82 Å². The SMILES string of the molecule is CCCC(C)(N)C(=O)N1CCC(NC(=O)Nc2ccc(F)cc2)CC1. The smallest absolute Gasteiger partial charge is 0.319 e. The van der Waals surface area contributed by atoms with E-state index in [1.165, 1.54) is 24.3 Å². The van der Waals surface area contributed by atoms with Gasteiger partial charge in [0.05, 0.1) is 5.54 Å². The lowest BCUT2D eigenvalue weighted by Crippen LogP contribution is -2.56. The van der Waals surface area contributed by atoms with E-state index in [4.69, 9.17) is 5.73 Å². The highest BCUT2D eigenvalue weighted by molar-refractivity contribution is 5.89. The van der Waals surface area contributed by atoms with Crippen LogP contribution < -0.4 is 16.4 Å². The van der Waals surface area contributed by atoms with E-state index in [1.807, 2.05) is 6.92 Å². The van der Waals surface area contributed by atoms with Crippen LogP contribution in [0.25, 0.3) is 0 Å². The molecule has 1 aromatic rings. The zero-order valence-electron chi connectivity index (χ0n) is 14.8. The molecule has 6 nitrogen and oxygen atoms in total. The number of nitrogens with zero attached hydrogens (tertiary/aromatic N) is 1. The summed E-state index contributed by atoms with van der Waals surface area (Å²) in [5.41, 5.74) is 5.82. The molecule has 3 amide bonds. The summed E-state index contributed by atoms with van der Waals surface area (Å²) < 4.78 is 12.9. The highest BCUT2D eigenvalue weighted by Gasteiger charge is 2.34. The van der Waals surface area contributed by atoms with E-state index in [-0.39, 0.29) is 23.8 Å². The van der Waals surface area contributed by atoms with Crippen molar-refractivity contribution in [2.24, 2.45) is 5.73 Å². The Balaban J connectivity index is 1.79. The Kier molecular flexibility index (Phi) is 6.36. The molecular formula is C18H27FN4O2. The van der Waals surface area contributed by atoms with Crippen LogP contribution in [0.1, 0.15) is 39.5 Å². The summed E-state index contributed by atoms with van der Waals surface area (Å²) in [4.78, 5) is 26.3. The molecule has 1 aliphatic heterocycles. The van der Waals surface area contributed by atoms with Crippen molar-refractivity contribution in [3.05, 3.63) is 30.1 Å². The molecule has 1 aromatic carbocycles. The molecule has 4 N–H and O–H groups in total. The summed E-state index contributed by atoms with van der Waals surface area (Å²) in [6, 6.07) is 5.27. The Morgan fingerprint density at radius 3 is 2.44 bits per heavy atom. The first kappa shape index (κ1) is 19.2. The standard InChI is InChI=1S/C18H27FN4O2/c1-3-10-18(2,20)16(24)23-11-8-15(9-12-23)22-17(25)21-14-6-4-13(19)5-7-14/h4-7,15H,3,8-12,20H2,1-2H3,(H2,21,22,25). The summed E-state index contributed by atoms with van der Waals surface area (Å²) in [6.45, 7) is 4.95. The fourth-order valence-corrected chi connectivity index (χ4v) is 3.10. The number of rotatable bonds is 5. The Bertz CT molecular complexity index is 596. The highest BCUT2D eigenvalue weighted by atomic mass is 19.1. The van der Waals surface area contributed by atoms with Gasteiger partial charge < -0.3 is 21.3 Å². The van der Waals surface area contributed by atoms with E-state index in [0.717, 1.165) is 6.42 Å². The number of carbonyl (C=O) groups excluding carboxylic acids is 2. The van der Waals surface area contributed by atoms with Gasteiger partial charge >= 0.3 is 6.03 Å². The van der Waals surface area contributed by atoms with E-state index >= 15 is 0 Å². The predicted octanol–water partition coefficient (Wildman–Crippen LogP) is 2.46. The van der Waals surface area contributed by atoms with Crippen LogP contribution in [-0.4, -0.2) is 41.5 Å². The molecule has 0 aliphatic carbocycles. The Hall–Kier alpha value is -2.15. The number of urea groups is 1. The summed E-state index contributed by atoms with van der Waals surface area (Å²) >= 11 is 0. The molecule has 138 valence electrons. The molecule has 0 aromatic heterocycles. The van der Waals surface area contributed by atoms with Crippen LogP contribution >= 0.6 is 0 Å². The van der Waals surface area contributed by atoms with Crippen LogP contribution in [-0.2, 0) is 4.79 Å². The van der Waals surface area contributed by atoms with Crippen molar-refractivity contribution in [3.63, 3.8) is 0 Å². The van der Waals surface area contributed by atoms with Gasteiger partial charge in [-0.1, -0.05) is 13.3 Å². The molecule has 1 fully saturated rings. The number of carbonyl (C=O) groups is 2. The minimum absolute atomic E-state index is 0.000274. The molecule has 0 saturated carbocycles. The van der Waals surface area contributed by atoms with Crippen LogP contribution in [0, 0.1) is 5.82 Å². The number of nitrogens with two attached hydrogens (primary N) is 1. The van der Waals surface area contributed by atoms with Crippen LogP contribution in [0.5, 0.6) is 0 Å². The molecule has 1 atom stereocenters. The third-order valence-corrected chi connectivity index (χ3v) is 4.48. The first-order valence-corrected chi connectivity index (χ1v) is 8.73. The van der Waals surface area contributed by atoms with Gasteiger partial charge in [-0.15, -0.1) is 0 Å². The lowest BCUT2D eigenvalue weighted by molar-refractivity contribution is -0.137. The summed E-state index contributed by atoms with van der Waals surface area (Å²) in [7, 11) is 0. The van der Waals surface area contributed by atoms with E-state index in [9.17, 15) is 14.0 Å². The lowest BCUT2D eigenvalue weighted by atomic mass is 9.94. The highest BCUT2D eigenvalue weighted by Crippen LogP contribution is 2.18. The van der Waals surface area contributed by atoms with Crippen molar-refractivity contribution < 1.29 is 14.0 Å². The minimum atomic E-state index is -0.824. The van der Waals surface area contributed by atoms with Crippen molar-refractivity contribution in [1.29, 1.82) is 0 Å². The fraction of sp³-hybridized carbons (Fsp3) is 0.556. The zero-order chi connectivity index (χ0) is 18.4. The molecule has 25 heavy (non-hydrogen) atoms. The number of piperidine rings is 1. The predicted molar refractivity (Wildman–Crippen MR) is 95.7 cm³/mol. The van der Waals surface area contributed by atoms with Crippen LogP contribution in [0.4, 0.5) is 14.9 Å². The van der Waals surface area contributed by atoms with Gasteiger partial charge in [-0.2, -0.15) is 0 Å². The molecule has 7 heteroatoms. The van der Waals surface area contributed by atoms with Crippen molar-refractivity contribution in [3.8, 4) is 0 Å². The van der Waals surface area contributed by atoms with E-state index in [0.29, 0.717) is 38.0 Å². The Labute approximate surface area is 147 Å². The average Bonchev–Trinajstić information content (AvgIpc) is 2.57. The maximum absolute atomic E-state index is 12.9. The van der Waals surface area contributed by atoms with Crippen molar-refractivity contribution in [2.75, 3.05) is 18.4 Å². The number of nitrogens with one attached hydrogen (secondary N) is 2. The molecule has 0 bridgehead atoms. The van der Waals surface area contributed by atoms with Gasteiger partial charge in [0.25, 0.3) is 0 Å². The molecular weight excluding hydrogens is 323 g/mol. The maximum Gasteiger partial charge on any atom is 0.319 e. The van der Waals surface area contributed by atoms with Crippen molar-refractivity contribution >= 4 is 17.6 Å². The fourth-order valence-electron chi connectivity index (χ4n) is 3.10. The number of amides is 3. The summed E-state index contributed by atoms with van der Waals surface area (Å²) in [6.07, 6.45) is 2.89. The second-order valence-electron chi connectivity index (χ2n) is 6.84. The molecule has 2 rings (SSSR count). The largest absolute Gasteiger partial charge is 0.341 e. The maximum atomic E-state index is 12.9. The molecule has 1 saturated heterocycles. The third-order valence-electron chi connectivity index (χ3n) is 4.48. The van der Waals surface area contributed by atoms with E-state index < -0.39 is 5.54 Å². The Morgan fingerprint density at radius 1 is 1.28 bits per heavy atom. The quantitative estimate of drug-likeness (QED) is 0.762. The van der Waals surface area contributed by atoms with E-state index in [2.05, 4.69) is 10.6 Å². The third kappa shape index (κ3) is 5.42. The van der Waals surface area contributed by atoms with Gasteiger partial charge in [-0.3, -0.25) is 4.79 Å². The molecule has 1 unspecified atom stereocenters. The minimum Gasteiger partial charge on any atom is -0.341 e. The van der Waals surface area contributed by atoms with Gasteiger partial charge in [0, 0.05) is 24.8 Å². The number of anilines is 1. The van der Waals surface area contributed by atoms with Crippen molar-refractivity contribution in [2.45, 2.75) is 51.1 Å². The number of hydrogen-bond donors (Lipinski definition) is 3.